The first-order valence-corrected chi connectivity index (χ1v) is 6.32. The number of hydrogen-bond acceptors (Lipinski definition) is 4. The molecule has 1 heterocycles. The van der Waals surface area contributed by atoms with E-state index in [1.54, 1.807) is 6.07 Å². The molecule has 110 valence electrons. The SMILES string of the molecule is O=C(/C=C/c1ccccc1F)Nc1nnc(C(F)(F)F)s1. The van der Waals surface area contributed by atoms with Gasteiger partial charge < -0.3 is 0 Å². The number of carbonyl (C=O) groups is 1. The second-order valence-corrected chi connectivity index (χ2v) is 4.73. The zero-order valence-electron chi connectivity index (χ0n) is 10.2. The molecular formula is C12H7F4N3OS. The molecule has 21 heavy (non-hydrogen) atoms. The van der Waals surface area contributed by atoms with Crippen LogP contribution in [-0.2, 0) is 11.0 Å². The van der Waals surface area contributed by atoms with E-state index in [-0.39, 0.29) is 22.0 Å². The molecule has 0 spiro atoms. The van der Waals surface area contributed by atoms with Gasteiger partial charge in [-0.25, -0.2) is 4.39 Å². The number of nitrogens with zero attached hydrogens (tertiary/aromatic N) is 2. The van der Waals surface area contributed by atoms with Gasteiger partial charge in [0.05, 0.1) is 0 Å². The van der Waals surface area contributed by atoms with Crippen LogP contribution in [0.3, 0.4) is 0 Å². The monoisotopic (exact) mass is 317 g/mol. The Bertz CT molecular complexity index is 681. The number of nitrogens with one attached hydrogen (secondary N) is 1. The van der Waals surface area contributed by atoms with E-state index in [2.05, 4.69) is 15.5 Å². The average molecular weight is 317 g/mol. The van der Waals surface area contributed by atoms with Crippen LogP contribution >= 0.6 is 11.3 Å². The van der Waals surface area contributed by atoms with E-state index in [9.17, 15) is 22.4 Å². The van der Waals surface area contributed by atoms with Gasteiger partial charge >= 0.3 is 6.18 Å². The Labute approximate surface area is 120 Å². The molecule has 0 radical (unpaired) electrons. The first kappa shape index (κ1) is 15.1. The van der Waals surface area contributed by atoms with Crippen LogP contribution in [0.4, 0.5) is 22.7 Å². The lowest BCUT2D eigenvalue weighted by molar-refractivity contribution is -0.138. The molecule has 0 aliphatic rings. The lowest BCUT2D eigenvalue weighted by atomic mass is 10.2. The Hall–Kier alpha value is -2.29. The number of hydrogen-bond donors (Lipinski definition) is 1. The molecule has 1 amide bonds. The van der Waals surface area contributed by atoms with E-state index in [0.29, 0.717) is 0 Å². The van der Waals surface area contributed by atoms with Gasteiger partial charge in [-0.3, -0.25) is 10.1 Å². The third-order valence-corrected chi connectivity index (χ3v) is 3.10. The molecule has 0 saturated heterocycles. The van der Waals surface area contributed by atoms with Gasteiger partial charge in [0.1, 0.15) is 5.82 Å². The fraction of sp³-hybridized carbons (Fsp3) is 0.0833. The molecule has 1 aromatic carbocycles. The van der Waals surface area contributed by atoms with Gasteiger partial charge in [-0.1, -0.05) is 29.5 Å². The molecule has 0 aliphatic carbocycles. The smallest absolute Gasteiger partial charge is 0.297 e. The summed E-state index contributed by atoms with van der Waals surface area (Å²) < 4.78 is 50.1. The summed E-state index contributed by atoms with van der Waals surface area (Å²) in [6.45, 7) is 0. The lowest BCUT2D eigenvalue weighted by Crippen LogP contribution is -2.07. The highest BCUT2D eigenvalue weighted by molar-refractivity contribution is 7.15. The highest BCUT2D eigenvalue weighted by Crippen LogP contribution is 2.32. The number of amides is 1. The lowest BCUT2D eigenvalue weighted by Gasteiger charge is -1.98. The molecule has 0 aliphatic heterocycles. The van der Waals surface area contributed by atoms with Crippen LogP contribution in [0, 0.1) is 5.82 Å². The van der Waals surface area contributed by atoms with Crippen molar-refractivity contribution in [3.63, 3.8) is 0 Å². The maximum atomic E-state index is 13.3. The number of aromatic nitrogens is 2. The van der Waals surface area contributed by atoms with Crippen molar-refractivity contribution < 1.29 is 22.4 Å². The molecular weight excluding hydrogens is 310 g/mol. The minimum Gasteiger partial charge on any atom is -0.297 e. The van der Waals surface area contributed by atoms with Crippen molar-refractivity contribution in [1.82, 2.24) is 10.2 Å². The fourth-order valence-corrected chi connectivity index (χ4v) is 1.92. The molecule has 0 fully saturated rings. The molecule has 2 rings (SSSR count). The van der Waals surface area contributed by atoms with Crippen LogP contribution in [0.25, 0.3) is 6.08 Å². The van der Waals surface area contributed by atoms with Gasteiger partial charge in [-0.2, -0.15) is 13.2 Å². The maximum absolute atomic E-state index is 13.3. The van der Waals surface area contributed by atoms with Crippen molar-refractivity contribution in [1.29, 1.82) is 0 Å². The average Bonchev–Trinajstić information content (AvgIpc) is 2.86. The van der Waals surface area contributed by atoms with E-state index < -0.39 is 22.9 Å². The standard InChI is InChI=1S/C12H7F4N3OS/c13-8-4-2-1-3-7(8)5-6-9(20)17-11-19-18-10(21-11)12(14,15)16/h1-6H,(H,17,19,20)/b6-5+. The van der Waals surface area contributed by atoms with Crippen LogP contribution in [-0.4, -0.2) is 16.1 Å². The highest BCUT2D eigenvalue weighted by atomic mass is 32.1. The van der Waals surface area contributed by atoms with E-state index >= 15 is 0 Å². The predicted molar refractivity (Wildman–Crippen MR) is 69.0 cm³/mol. The minimum atomic E-state index is -4.61. The van der Waals surface area contributed by atoms with Gasteiger partial charge in [0.2, 0.25) is 16.0 Å². The predicted octanol–water partition coefficient (Wildman–Crippen LogP) is 3.35. The van der Waals surface area contributed by atoms with Gasteiger partial charge in [0, 0.05) is 11.6 Å². The zero-order chi connectivity index (χ0) is 15.5. The summed E-state index contributed by atoms with van der Waals surface area (Å²) in [4.78, 5) is 11.5. The largest absolute Gasteiger partial charge is 0.445 e. The zero-order valence-corrected chi connectivity index (χ0v) is 11.0. The summed E-state index contributed by atoms with van der Waals surface area (Å²) in [5.74, 6) is -1.25. The van der Waals surface area contributed by atoms with Crippen molar-refractivity contribution in [2.24, 2.45) is 0 Å². The van der Waals surface area contributed by atoms with E-state index in [1.165, 1.54) is 24.3 Å². The Morgan fingerprint density at radius 1 is 1.24 bits per heavy atom. The quantitative estimate of drug-likeness (QED) is 0.698. The number of anilines is 1. The van der Waals surface area contributed by atoms with Crippen molar-refractivity contribution >= 4 is 28.5 Å². The van der Waals surface area contributed by atoms with Crippen LogP contribution in [0.5, 0.6) is 0 Å². The number of halogens is 4. The molecule has 0 unspecified atom stereocenters. The molecule has 2 aromatic rings. The summed E-state index contributed by atoms with van der Waals surface area (Å²) in [5, 5.41) is 6.80. The first-order chi connectivity index (χ1) is 9.86. The Morgan fingerprint density at radius 2 is 1.95 bits per heavy atom. The third kappa shape index (κ3) is 4.09. The Balaban J connectivity index is 2.02. The first-order valence-electron chi connectivity index (χ1n) is 5.50. The van der Waals surface area contributed by atoms with E-state index in [4.69, 9.17) is 0 Å². The third-order valence-electron chi connectivity index (χ3n) is 2.22. The summed E-state index contributed by atoms with van der Waals surface area (Å²) in [7, 11) is 0. The topological polar surface area (TPSA) is 54.9 Å². The van der Waals surface area contributed by atoms with Crippen molar-refractivity contribution in [3.05, 3.63) is 46.7 Å². The number of carbonyl (C=O) groups excluding carboxylic acids is 1. The van der Waals surface area contributed by atoms with Crippen LogP contribution in [0.2, 0.25) is 0 Å². The summed E-state index contributed by atoms with van der Waals surface area (Å²) in [6.07, 6.45) is -2.41. The van der Waals surface area contributed by atoms with Crippen molar-refractivity contribution in [3.8, 4) is 0 Å². The molecule has 0 bridgehead atoms. The molecule has 4 nitrogen and oxygen atoms in total. The second-order valence-electron chi connectivity index (χ2n) is 3.75. The van der Waals surface area contributed by atoms with E-state index in [1.807, 2.05) is 0 Å². The number of rotatable bonds is 3. The van der Waals surface area contributed by atoms with Crippen LogP contribution in [0.15, 0.2) is 30.3 Å². The summed E-state index contributed by atoms with van der Waals surface area (Å²) >= 11 is 0.206. The molecule has 0 saturated carbocycles. The summed E-state index contributed by atoms with van der Waals surface area (Å²) in [6, 6.07) is 5.75. The maximum Gasteiger partial charge on any atom is 0.445 e. The number of alkyl halides is 3. The van der Waals surface area contributed by atoms with Gasteiger partial charge in [-0.15, -0.1) is 10.2 Å². The fourth-order valence-electron chi connectivity index (χ4n) is 1.31. The Kier molecular flexibility index (Phi) is 4.32. The molecule has 9 heteroatoms. The molecule has 1 N–H and O–H groups in total. The minimum absolute atomic E-state index is 0.181. The molecule has 0 atom stereocenters. The highest BCUT2D eigenvalue weighted by Gasteiger charge is 2.35. The Morgan fingerprint density at radius 3 is 2.57 bits per heavy atom. The normalized spacial score (nSPS) is 11.8. The molecule has 1 aromatic heterocycles. The second kappa shape index (κ2) is 6.00. The summed E-state index contributed by atoms with van der Waals surface area (Å²) in [5.41, 5.74) is 0.181. The van der Waals surface area contributed by atoms with Gasteiger partial charge in [0.15, 0.2) is 0 Å². The number of benzene rings is 1. The van der Waals surface area contributed by atoms with E-state index in [0.717, 1.165) is 6.08 Å². The van der Waals surface area contributed by atoms with Gasteiger partial charge in [-0.05, 0) is 12.1 Å². The van der Waals surface area contributed by atoms with Gasteiger partial charge in [0.25, 0.3) is 0 Å². The van der Waals surface area contributed by atoms with Crippen molar-refractivity contribution in [2.75, 3.05) is 5.32 Å². The van der Waals surface area contributed by atoms with Crippen LogP contribution < -0.4 is 5.32 Å². The van der Waals surface area contributed by atoms with Crippen LogP contribution in [0.1, 0.15) is 10.6 Å². The van der Waals surface area contributed by atoms with Crippen molar-refractivity contribution in [2.45, 2.75) is 6.18 Å².